The molecule has 0 aromatic carbocycles. The van der Waals surface area contributed by atoms with E-state index in [2.05, 4.69) is 47.3 Å². The predicted octanol–water partition coefficient (Wildman–Crippen LogP) is 15.8. The standard InChI is InChI=1S/C57H114N4O2/c1-5-9-13-17-21-22-23-24-25-28-31-35-44-58(45-38-33-34-40-54-62)49-41-56-42-50-61(51-43-56)57(63)55-60(48-39-32-27-19-15-11-7-3)53-52-59(46-36-29-20-16-12-8-4)47-37-30-26-18-14-10-6-2/h54,56H,5-53,55H2,1-4H3. The summed E-state index contributed by atoms with van der Waals surface area (Å²) in [6.45, 7) is 21.0. The number of nitrogens with zero attached hydrogens (tertiary/aromatic N) is 4. The summed E-state index contributed by atoms with van der Waals surface area (Å²) in [6, 6.07) is 0. The number of unbranched alkanes of at least 4 members (excludes halogenated alkanes) is 31. The van der Waals surface area contributed by atoms with Crippen molar-refractivity contribution in [1.82, 2.24) is 19.6 Å². The summed E-state index contributed by atoms with van der Waals surface area (Å²) >= 11 is 0. The Kier molecular flexibility index (Phi) is 45.3. The van der Waals surface area contributed by atoms with Gasteiger partial charge >= 0.3 is 0 Å². The average molecular weight is 888 g/mol. The van der Waals surface area contributed by atoms with Crippen LogP contribution in [0.5, 0.6) is 0 Å². The van der Waals surface area contributed by atoms with Gasteiger partial charge in [-0.1, -0.05) is 214 Å². The van der Waals surface area contributed by atoms with E-state index in [1.54, 1.807) is 0 Å². The monoisotopic (exact) mass is 887 g/mol. The van der Waals surface area contributed by atoms with Crippen LogP contribution in [0.25, 0.3) is 0 Å². The van der Waals surface area contributed by atoms with E-state index in [1.807, 2.05) is 0 Å². The first-order chi connectivity index (χ1) is 31.1. The van der Waals surface area contributed by atoms with Gasteiger partial charge in [0.15, 0.2) is 0 Å². The zero-order chi connectivity index (χ0) is 45.5. The molecule has 0 unspecified atom stereocenters. The van der Waals surface area contributed by atoms with Gasteiger partial charge in [0.1, 0.15) is 6.29 Å². The van der Waals surface area contributed by atoms with E-state index in [0.717, 1.165) is 51.3 Å². The molecule has 0 aromatic heterocycles. The molecular formula is C57H114N4O2. The number of aldehydes is 1. The van der Waals surface area contributed by atoms with Crippen molar-refractivity contribution in [3.05, 3.63) is 0 Å². The van der Waals surface area contributed by atoms with Gasteiger partial charge in [-0.2, -0.15) is 0 Å². The van der Waals surface area contributed by atoms with Crippen molar-refractivity contribution in [2.75, 3.05) is 72.0 Å². The Hall–Kier alpha value is -0.980. The topological polar surface area (TPSA) is 47.1 Å². The van der Waals surface area contributed by atoms with Gasteiger partial charge in [0.05, 0.1) is 6.54 Å². The molecule has 0 spiro atoms. The molecule has 0 saturated carbocycles. The molecule has 63 heavy (non-hydrogen) atoms. The normalized spacial score (nSPS) is 13.7. The second kappa shape index (κ2) is 47.5. The van der Waals surface area contributed by atoms with Crippen LogP contribution in [-0.4, -0.2) is 104 Å². The van der Waals surface area contributed by atoms with E-state index in [1.165, 1.54) is 270 Å². The van der Waals surface area contributed by atoms with Gasteiger partial charge in [0.2, 0.25) is 5.91 Å². The Morgan fingerprint density at radius 2 is 0.698 bits per heavy atom. The van der Waals surface area contributed by atoms with Crippen molar-refractivity contribution < 1.29 is 9.59 Å². The number of carbonyl (C=O) groups is 2. The third-order valence-electron chi connectivity index (χ3n) is 14.5. The summed E-state index contributed by atoms with van der Waals surface area (Å²) in [4.78, 5) is 35.2. The van der Waals surface area contributed by atoms with Crippen LogP contribution in [0, 0.1) is 5.92 Å². The third-order valence-corrected chi connectivity index (χ3v) is 14.5. The van der Waals surface area contributed by atoms with Crippen molar-refractivity contribution in [2.24, 2.45) is 5.92 Å². The van der Waals surface area contributed by atoms with Crippen molar-refractivity contribution in [1.29, 1.82) is 0 Å². The van der Waals surface area contributed by atoms with E-state index < -0.39 is 0 Å². The van der Waals surface area contributed by atoms with Crippen LogP contribution in [0.1, 0.15) is 278 Å². The van der Waals surface area contributed by atoms with Crippen LogP contribution >= 0.6 is 0 Å². The summed E-state index contributed by atoms with van der Waals surface area (Å²) in [5.41, 5.74) is 0. The minimum atomic E-state index is 0.384. The van der Waals surface area contributed by atoms with Gasteiger partial charge in [-0.05, 0) is 103 Å². The lowest BCUT2D eigenvalue weighted by Crippen LogP contribution is -2.46. The molecule has 1 amide bonds. The molecule has 6 heteroatoms. The lowest BCUT2D eigenvalue weighted by molar-refractivity contribution is -0.134. The van der Waals surface area contributed by atoms with E-state index in [4.69, 9.17) is 0 Å². The number of rotatable bonds is 50. The zero-order valence-corrected chi connectivity index (χ0v) is 43.6. The van der Waals surface area contributed by atoms with Crippen molar-refractivity contribution in [3.8, 4) is 0 Å². The largest absolute Gasteiger partial charge is 0.342 e. The molecule has 1 fully saturated rings. The third kappa shape index (κ3) is 38.8. The van der Waals surface area contributed by atoms with Crippen molar-refractivity contribution in [2.45, 2.75) is 278 Å². The van der Waals surface area contributed by atoms with Crippen LogP contribution in [0.15, 0.2) is 0 Å². The highest BCUT2D eigenvalue weighted by Gasteiger charge is 2.25. The maximum atomic E-state index is 14.0. The summed E-state index contributed by atoms with van der Waals surface area (Å²) < 4.78 is 0. The molecule has 0 bridgehead atoms. The van der Waals surface area contributed by atoms with Gasteiger partial charge in [-0.25, -0.2) is 0 Å². The first kappa shape index (κ1) is 60.0. The van der Waals surface area contributed by atoms with Gasteiger partial charge in [0, 0.05) is 32.6 Å². The Labute approximate surface area is 396 Å². The lowest BCUT2D eigenvalue weighted by Gasteiger charge is -2.35. The predicted molar refractivity (Wildman–Crippen MR) is 278 cm³/mol. The highest BCUT2D eigenvalue weighted by atomic mass is 16.2. The van der Waals surface area contributed by atoms with Gasteiger partial charge in [-0.15, -0.1) is 0 Å². The maximum absolute atomic E-state index is 14.0. The number of carbonyl (C=O) groups excluding carboxylic acids is 2. The molecule has 0 N–H and O–H groups in total. The van der Waals surface area contributed by atoms with E-state index in [9.17, 15) is 9.59 Å². The number of hydrogen-bond donors (Lipinski definition) is 0. The Balaban J connectivity index is 2.65. The SMILES string of the molecule is CCCCCCCCCCCCCCN(CCCCCC=O)CCC1CCN(C(=O)CN(CCCCCCCCC)CCN(CCCCCCCC)CCCCCCCCC)CC1. The van der Waals surface area contributed by atoms with E-state index >= 15 is 0 Å². The highest BCUT2D eigenvalue weighted by molar-refractivity contribution is 5.78. The van der Waals surface area contributed by atoms with E-state index in [0.29, 0.717) is 18.9 Å². The molecule has 1 heterocycles. The molecule has 1 saturated heterocycles. The molecule has 374 valence electrons. The minimum Gasteiger partial charge on any atom is -0.342 e. The second-order valence-corrected chi connectivity index (χ2v) is 20.5. The van der Waals surface area contributed by atoms with Crippen LogP contribution in [-0.2, 0) is 9.59 Å². The molecule has 0 aliphatic carbocycles. The van der Waals surface area contributed by atoms with Gasteiger partial charge < -0.3 is 19.5 Å². The summed E-state index contributed by atoms with van der Waals surface area (Å²) in [5.74, 6) is 1.12. The fourth-order valence-corrected chi connectivity index (χ4v) is 9.97. The van der Waals surface area contributed by atoms with Crippen molar-refractivity contribution >= 4 is 12.2 Å². The molecule has 0 atom stereocenters. The number of amides is 1. The fourth-order valence-electron chi connectivity index (χ4n) is 9.97. The Bertz CT molecular complexity index is 939. The van der Waals surface area contributed by atoms with Crippen molar-refractivity contribution in [3.63, 3.8) is 0 Å². The zero-order valence-electron chi connectivity index (χ0n) is 43.6. The van der Waals surface area contributed by atoms with E-state index in [-0.39, 0.29) is 0 Å². The number of likely N-dealkylation sites (tertiary alicyclic amines) is 1. The number of hydrogen-bond acceptors (Lipinski definition) is 5. The second-order valence-electron chi connectivity index (χ2n) is 20.5. The molecule has 6 nitrogen and oxygen atoms in total. The molecule has 1 rings (SSSR count). The summed E-state index contributed by atoms with van der Waals surface area (Å²) in [5, 5.41) is 0. The lowest BCUT2D eigenvalue weighted by atomic mass is 9.93. The van der Waals surface area contributed by atoms with Crippen LogP contribution in [0.2, 0.25) is 0 Å². The number of piperidine rings is 1. The fraction of sp³-hybridized carbons (Fsp3) is 0.965. The van der Waals surface area contributed by atoms with Gasteiger partial charge in [-0.3, -0.25) is 9.69 Å². The van der Waals surface area contributed by atoms with Crippen LogP contribution in [0.4, 0.5) is 0 Å². The summed E-state index contributed by atoms with van der Waals surface area (Å²) in [6.07, 6.45) is 52.7. The Morgan fingerprint density at radius 3 is 1.06 bits per heavy atom. The first-order valence-corrected chi connectivity index (χ1v) is 29.0. The molecule has 1 aliphatic rings. The first-order valence-electron chi connectivity index (χ1n) is 29.0. The quantitative estimate of drug-likeness (QED) is 0.0450. The van der Waals surface area contributed by atoms with Gasteiger partial charge in [0.25, 0.3) is 0 Å². The molecule has 1 aliphatic heterocycles. The van der Waals surface area contributed by atoms with Crippen LogP contribution in [0.3, 0.4) is 0 Å². The smallest absolute Gasteiger partial charge is 0.236 e. The highest BCUT2D eigenvalue weighted by Crippen LogP contribution is 2.22. The molecule has 0 aromatic rings. The maximum Gasteiger partial charge on any atom is 0.236 e. The molecular weight excluding hydrogens is 773 g/mol. The Morgan fingerprint density at radius 1 is 0.397 bits per heavy atom. The average Bonchev–Trinajstić information content (AvgIpc) is 3.30. The van der Waals surface area contributed by atoms with Crippen LogP contribution < -0.4 is 0 Å². The minimum absolute atomic E-state index is 0.384. The summed E-state index contributed by atoms with van der Waals surface area (Å²) in [7, 11) is 0. The molecule has 0 radical (unpaired) electrons.